The second-order valence-electron chi connectivity index (χ2n) is 5.98. The largest absolute Gasteiger partial charge is 0.312 e. The van der Waals surface area contributed by atoms with Crippen LogP contribution in [0.3, 0.4) is 0 Å². The summed E-state index contributed by atoms with van der Waals surface area (Å²) in [6.45, 7) is 8.83. The summed E-state index contributed by atoms with van der Waals surface area (Å²) in [6.07, 6.45) is 3.32. The molecule has 92 valence electrons. The van der Waals surface area contributed by atoms with Crippen LogP contribution in [0.15, 0.2) is 0 Å². The van der Waals surface area contributed by atoms with Crippen LogP contribution in [-0.2, 0) is 19.4 Å². The molecule has 1 aromatic heterocycles. The summed E-state index contributed by atoms with van der Waals surface area (Å²) in [5.74, 6) is 1.69. The summed E-state index contributed by atoms with van der Waals surface area (Å²) in [5, 5.41) is 3.42. The molecule has 17 heavy (non-hydrogen) atoms. The summed E-state index contributed by atoms with van der Waals surface area (Å²) < 4.78 is 0. The monoisotopic (exact) mass is 231 g/mol. The zero-order valence-electron chi connectivity index (χ0n) is 11.0. The lowest BCUT2D eigenvalue weighted by Gasteiger charge is -2.20. The predicted octanol–water partition coefficient (Wildman–Crippen LogP) is 2.20. The van der Waals surface area contributed by atoms with Gasteiger partial charge in [-0.25, -0.2) is 9.97 Å². The third-order valence-corrected chi connectivity index (χ3v) is 4.20. The number of hydrogen-bond donors (Lipinski definition) is 1. The van der Waals surface area contributed by atoms with Gasteiger partial charge in [0.15, 0.2) is 0 Å². The lowest BCUT2D eigenvalue weighted by Crippen LogP contribution is -2.27. The van der Waals surface area contributed by atoms with Crippen molar-refractivity contribution in [3.63, 3.8) is 0 Å². The van der Waals surface area contributed by atoms with Crippen molar-refractivity contribution in [1.82, 2.24) is 15.3 Å². The molecule has 0 bridgehead atoms. The molecule has 1 unspecified atom stereocenters. The van der Waals surface area contributed by atoms with Gasteiger partial charge < -0.3 is 5.32 Å². The van der Waals surface area contributed by atoms with E-state index in [2.05, 4.69) is 26.1 Å². The molecule has 1 saturated carbocycles. The maximum atomic E-state index is 4.83. The molecule has 3 nitrogen and oxygen atoms in total. The van der Waals surface area contributed by atoms with Crippen LogP contribution in [0, 0.1) is 5.41 Å². The molecular weight excluding hydrogens is 210 g/mol. The summed E-state index contributed by atoms with van der Waals surface area (Å²) in [4.78, 5) is 9.64. The molecule has 3 rings (SSSR count). The Labute approximate surface area is 103 Å². The molecule has 0 amide bonds. The molecule has 0 spiro atoms. The molecule has 2 aliphatic rings. The Kier molecular flexibility index (Phi) is 2.47. The van der Waals surface area contributed by atoms with Gasteiger partial charge in [0.1, 0.15) is 5.82 Å². The SMILES string of the molecule is CCc1nc(C2CC2(C)C)nc2c1CNCC2. The standard InChI is InChI=1S/C14H21N3/c1-4-11-9-8-15-6-5-12(9)17-13(16-11)10-7-14(10,2)3/h10,15H,4-8H2,1-3H3. The quantitative estimate of drug-likeness (QED) is 0.848. The van der Waals surface area contributed by atoms with Gasteiger partial charge in [-0.15, -0.1) is 0 Å². The lowest BCUT2D eigenvalue weighted by atomic mass is 10.0. The average molecular weight is 231 g/mol. The smallest absolute Gasteiger partial charge is 0.132 e. The molecule has 1 atom stereocenters. The highest BCUT2D eigenvalue weighted by Crippen LogP contribution is 2.57. The first-order valence-electron chi connectivity index (χ1n) is 6.71. The fourth-order valence-electron chi connectivity index (χ4n) is 2.79. The van der Waals surface area contributed by atoms with Gasteiger partial charge in [0.2, 0.25) is 0 Å². The second-order valence-corrected chi connectivity index (χ2v) is 5.98. The van der Waals surface area contributed by atoms with Crippen LogP contribution in [-0.4, -0.2) is 16.5 Å². The summed E-state index contributed by atoms with van der Waals surface area (Å²) >= 11 is 0. The number of fused-ring (bicyclic) bond motifs is 1. The van der Waals surface area contributed by atoms with Crippen LogP contribution in [0.5, 0.6) is 0 Å². The van der Waals surface area contributed by atoms with E-state index in [1.165, 1.54) is 23.4 Å². The van der Waals surface area contributed by atoms with Crippen LogP contribution in [0.4, 0.5) is 0 Å². The van der Waals surface area contributed by atoms with Gasteiger partial charge in [0, 0.05) is 36.7 Å². The van der Waals surface area contributed by atoms with Gasteiger partial charge in [-0.2, -0.15) is 0 Å². The fraction of sp³-hybridized carbons (Fsp3) is 0.714. The van der Waals surface area contributed by atoms with Crippen molar-refractivity contribution in [2.75, 3.05) is 6.54 Å². The Morgan fingerprint density at radius 2 is 2.12 bits per heavy atom. The van der Waals surface area contributed by atoms with Crippen molar-refractivity contribution in [1.29, 1.82) is 0 Å². The highest BCUT2D eigenvalue weighted by molar-refractivity contribution is 5.30. The number of nitrogens with one attached hydrogen (secondary N) is 1. The van der Waals surface area contributed by atoms with Gasteiger partial charge in [0.25, 0.3) is 0 Å². The number of aromatic nitrogens is 2. The zero-order valence-corrected chi connectivity index (χ0v) is 11.0. The van der Waals surface area contributed by atoms with E-state index in [0.29, 0.717) is 11.3 Å². The van der Waals surface area contributed by atoms with Gasteiger partial charge in [0.05, 0.1) is 5.69 Å². The van der Waals surface area contributed by atoms with Crippen LogP contribution < -0.4 is 5.32 Å². The first kappa shape index (κ1) is 11.1. The molecular formula is C14H21N3. The first-order valence-corrected chi connectivity index (χ1v) is 6.71. The first-order chi connectivity index (χ1) is 8.12. The molecule has 1 aromatic rings. The molecule has 3 heteroatoms. The molecule has 0 saturated heterocycles. The van der Waals surface area contributed by atoms with Crippen LogP contribution in [0.1, 0.15) is 55.9 Å². The number of nitrogens with zero attached hydrogens (tertiary/aromatic N) is 2. The molecule has 0 radical (unpaired) electrons. The van der Waals surface area contributed by atoms with Gasteiger partial charge in [-0.3, -0.25) is 0 Å². The topological polar surface area (TPSA) is 37.8 Å². The average Bonchev–Trinajstić information content (AvgIpc) is 2.97. The zero-order chi connectivity index (χ0) is 12.0. The third-order valence-electron chi connectivity index (χ3n) is 4.20. The number of rotatable bonds is 2. The van der Waals surface area contributed by atoms with E-state index >= 15 is 0 Å². The normalized spacial score (nSPS) is 25.5. The molecule has 1 fully saturated rings. The van der Waals surface area contributed by atoms with Crippen molar-refractivity contribution < 1.29 is 0 Å². The molecule has 1 aliphatic carbocycles. The Morgan fingerprint density at radius 3 is 2.76 bits per heavy atom. The maximum Gasteiger partial charge on any atom is 0.132 e. The van der Waals surface area contributed by atoms with E-state index in [-0.39, 0.29) is 0 Å². The van der Waals surface area contributed by atoms with Crippen molar-refractivity contribution in [2.24, 2.45) is 5.41 Å². The van der Waals surface area contributed by atoms with Gasteiger partial charge in [-0.1, -0.05) is 20.8 Å². The third kappa shape index (κ3) is 1.86. The van der Waals surface area contributed by atoms with Crippen molar-refractivity contribution in [3.05, 3.63) is 22.8 Å². The number of aryl methyl sites for hydroxylation is 1. The highest BCUT2D eigenvalue weighted by atomic mass is 15.0. The van der Waals surface area contributed by atoms with E-state index in [0.717, 1.165) is 31.8 Å². The van der Waals surface area contributed by atoms with E-state index in [1.807, 2.05) is 0 Å². The second kappa shape index (κ2) is 3.77. The minimum absolute atomic E-state index is 0.423. The van der Waals surface area contributed by atoms with Crippen LogP contribution >= 0.6 is 0 Å². The van der Waals surface area contributed by atoms with Crippen LogP contribution in [0.25, 0.3) is 0 Å². The van der Waals surface area contributed by atoms with Crippen molar-refractivity contribution in [3.8, 4) is 0 Å². The minimum Gasteiger partial charge on any atom is -0.312 e. The molecule has 0 aromatic carbocycles. The minimum atomic E-state index is 0.423. The summed E-state index contributed by atoms with van der Waals surface area (Å²) in [5.41, 5.74) is 4.35. The van der Waals surface area contributed by atoms with E-state index in [4.69, 9.17) is 9.97 Å². The van der Waals surface area contributed by atoms with E-state index < -0.39 is 0 Å². The van der Waals surface area contributed by atoms with E-state index in [1.54, 1.807) is 0 Å². The van der Waals surface area contributed by atoms with Crippen molar-refractivity contribution in [2.45, 2.75) is 52.5 Å². The summed E-state index contributed by atoms with van der Waals surface area (Å²) in [7, 11) is 0. The Hall–Kier alpha value is -0.960. The lowest BCUT2D eigenvalue weighted by molar-refractivity contribution is 0.584. The van der Waals surface area contributed by atoms with E-state index in [9.17, 15) is 0 Å². The van der Waals surface area contributed by atoms with Gasteiger partial charge in [-0.05, 0) is 18.3 Å². The molecule has 2 heterocycles. The number of hydrogen-bond acceptors (Lipinski definition) is 3. The maximum absolute atomic E-state index is 4.83. The predicted molar refractivity (Wildman–Crippen MR) is 68.0 cm³/mol. The Morgan fingerprint density at radius 1 is 1.35 bits per heavy atom. The highest BCUT2D eigenvalue weighted by Gasteiger charge is 2.48. The summed E-state index contributed by atoms with van der Waals surface area (Å²) in [6, 6.07) is 0. The molecule has 1 N–H and O–H groups in total. The Balaban J connectivity index is 2.01. The Bertz CT molecular complexity index is 434. The molecule has 1 aliphatic heterocycles. The van der Waals surface area contributed by atoms with Crippen molar-refractivity contribution >= 4 is 0 Å². The van der Waals surface area contributed by atoms with Gasteiger partial charge >= 0.3 is 0 Å². The van der Waals surface area contributed by atoms with Crippen LogP contribution in [0.2, 0.25) is 0 Å². The fourth-order valence-corrected chi connectivity index (χ4v) is 2.79.